The molecule has 0 radical (unpaired) electrons. The Bertz CT molecular complexity index is 152. The average molecular weight is 201 g/mol. The summed E-state index contributed by atoms with van der Waals surface area (Å²) in [6.45, 7) is 7.84. The predicted octanol–water partition coefficient (Wildman–Crippen LogP) is 1.26. The third kappa shape index (κ3) is 3.23. The van der Waals surface area contributed by atoms with E-state index in [0.717, 1.165) is 19.5 Å². The van der Waals surface area contributed by atoms with Gasteiger partial charge in [0.25, 0.3) is 0 Å². The van der Waals surface area contributed by atoms with Gasteiger partial charge in [-0.3, -0.25) is 4.90 Å². The summed E-state index contributed by atoms with van der Waals surface area (Å²) >= 11 is 0. The van der Waals surface area contributed by atoms with Crippen LogP contribution >= 0.6 is 0 Å². The first-order valence-corrected chi connectivity index (χ1v) is 5.79. The number of aliphatic hydroxyl groups excluding tert-OH is 1. The zero-order valence-electron chi connectivity index (χ0n) is 9.41. The summed E-state index contributed by atoms with van der Waals surface area (Å²) in [6.07, 6.45) is 3.01. The first-order valence-electron chi connectivity index (χ1n) is 5.79. The van der Waals surface area contributed by atoms with E-state index in [-0.39, 0.29) is 12.1 Å². The van der Waals surface area contributed by atoms with Crippen molar-refractivity contribution in [3.63, 3.8) is 0 Å². The molecule has 1 N–H and O–H groups in total. The van der Waals surface area contributed by atoms with Gasteiger partial charge in [0.2, 0.25) is 0 Å². The molecule has 0 aliphatic carbocycles. The zero-order valence-corrected chi connectivity index (χ0v) is 9.41. The number of hydrogen-bond acceptors (Lipinski definition) is 3. The van der Waals surface area contributed by atoms with E-state index in [1.165, 1.54) is 12.8 Å². The number of ether oxygens (including phenoxy) is 1. The van der Waals surface area contributed by atoms with Crippen LogP contribution in [0.25, 0.3) is 0 Å². The number of rotatable bonds is 5. The topological polar surface area (TPSA) is 32.7 Å². The van der Waals surface area contributed by atoms with E-state index in [2.05, 4.69) is 18.7 Å². The van der Waals surface area contributed by atoms with Gasteiger partial charge in [0.1, 0.15) is 0 Å². The van der Waals surface area contributed by atoms with E-state index in [4.69, 9.17) is 4.74 Å². The van der Waals surface area contributed by atoms with Gasteiger partial charge in [-0.2, -0.15) is 0 Å². The summed E-state index contributed by atoms with van der Waals surface area (Å²) in [5.74, 6) is 0. The summed E-state index contributed by atoms with van der Waals surface area (Å²) in [7, 11) is 0. The highest BCUT2D eigenvalue weighted by atomic mass is 16.5. The van der Waals surface area contributed by atoms with Crippen molar-refractivity contribution in [2.24, 2.45) is 0 Å². The van der Waals surface area contributed by atoms with Crippen molar-refractivity contribution < 1.29 is 9.84 Å². The van der Waals surface area contributed by atoms with Crippen LogP contribution in [0.3, 0.4) is 0 Å². The van der Waals surface area contributed by atoms with Crippen molar-refractivity contribution in [3.8, 4) is 0 Å². The van der Waals surface area contributed by atoms with Gasteiger partial charge in [-0.05, 0) is 25.9 Å². The molecule has 0 amide bonds. The molecule has 1 aliphatic rings. The fraction of sp³-hybridized carbons (Fsp3) is 1.00. The van der Waals surface area contributed by atoms with E-state index < -0.39 is 0 Å². The highest BCUT2D eigenvalue weighted by molar-refractivity contribution is 4.81. The minimum atomic E-state index is -0.194. The van der Waals surface area contributed by atoms with Crippen molar-refractivity contribution >= 4 is 0 Å². The molecular weight excluding hydrogens is 178 g/mol. The normalized spacial score (nSPS) is 28.3. The predicted molar refractivity (Wildman–Crippen MR) is 57.4 cm³/mol. The lowest BCUT2D eigenvalue weighted by Gasteiger charge is -2.36. The van der Waals surface area contributed by atoms with Gasteiger partial charge in [0.05, 0.1) is 18.8 Å². The first kappa shape index (κ1) is 12.0. The molecule has 0 aromatic heterocycles. The van der Waals surface area contributed by atoms with Crippen LogP contribution in [0.2, 0.25) is 0 Å². The Balaban J connectivity index is 2.40. The lowest BCUT2D eigenvalue weighted by Crippen LogP contribution is -2.50. The molecule has 3 nitrogen and oxygen atoms in total. The molecule has 2 atom stereocenters. The summed E-state index contributed by atoms with van der Waals surface area (Å²) in [4.78, 5) is 2.34. The van der Waals surface area contributed by atoms with E-state index in [1.54, 1.807) is 0 Å². The van der Waals surface area contributed by atoms with E-state index in [9.17, 15) is 5.11 Å². The van der Waals surface area contributed by atoms with Crippen molar-refractivity contribution in [3.05, 3.63) is 0 Å². The lowest BCUT2D eigenvalue weighted by atomic mass is 10.0. The Morgan fingerprint density at radius 2 is 2.21 bits per heavy atom. The fourth-order valence-electron chi connectivity index (χ4n) is 1.98. The molecule has 0 spiro atoms. The van der Waals surface area contributed by atoms with Crippen molar-refractivity contribution in [1.82, 2.24) is 4.90 Å². The Morgan fingerprint density at radius 3 is 2.79 bits per heavy atom. The highest BCUT2D eigenvalue weighted by Gasteiger charge is 2.27. The number of nitrogens with zero attached hydrogens (tertiary/aromatic N) is 1. The maximum atomic E-state index is 9.85. The van der Waals surface area contributed by atoms with Crippen LogP contribution in [-0.4, -0.2) is 48.5 Å². The molecule has 1 heterocycles. The van der Waals surface area contributed by atoms with Crippen LogP contribution in [0.5, 0.6) is 0 Å². The van der Waals surface area contributed by atoms with Gasteiger partial charge >= 0.3 is 0 Å². The summed E-state index contributed by atoms with van der Waals surface area (Å²) < 4.78 is 5.41. The van der Waals surface area contributed by atoms with Gasteiger partial charge in [-0.15, -0.1) is 0 Å². The van der Waals surface area contributed by atoms with Crippen LogP contribution in [0.1, 0.15) is 33.1 Å². The SMILES string of the molecule is CCCCN(CC)C1COCCC1O. The Kier molecular flexibility index (Phi) is 5.45. The van der Waals surface area contributed by atoms with Crippen LogP contribution in [0, 0.1) is 0 Å². The molecule has 1 rings (SSSR count). The third-order valence-electron chi connectivity index (χ3n) is 2.96. The van der Waals surface area contributed by atoms with E-state index >= 15 is 0 Å². The molecule has 2 unspecified atom stereocenters. The minimum absolute atomic E-state index is 0.194. The molecule has 1 saturated heterocycles. The standard InChI is InChI=1S/C11H23NO2/c1-3-5-7-12(4-2)10-9-14-8-6-11(10)13/h10-11,13H,3-9H2,1-2H3. The molecule has 84 valence electrons. The van der Waals surface area contributed by atoms with Crippen molar-refractivity contribution in [1.29, 1.82) is 0 Å². The van der Waals surface area contributed by atoms with Crippen LogP contribution < -0.4 is 0 Å². The van der Waals surface area contributed by atoms with Gasteiger partial charge in [-0.25, -0.2) is 0 Å². The molecule has 3 heteroatoms. The molecule has 0 aromatic carbocycles. The molecule has 1 aliphatic heterocycles. The monoisotopic (exact) mass is 201 g/mol. The third-order valence-corrected chi connectivity index (χ3v) is 2.96. The smallest absolute Gasteiger partial charge is 0.0739 e. The maximum Gasteiger partial charge on any atom is 0.0739 e. The highest BCUT2D eigenvalue weighted by Crippen LogP contribution is 2.14. The summed E-state index contributed by atoms with van der Waals surface area (Å²) in [6, 6.07) is 0.222. The van der Waals surface area contributed by atoms with Gasteiger partial charge in [0.15, 0.2) is 0 Å². The van der Waals surface area contributed by atoms with E-state index in [1.807, 2.05) is 0 Å². The van der Waals surface area contributed by atoms with Gasteiger partial charge in [0, 0.05) is 6.61 Å². The second-order valence-corrected chi connectivity index (χ2v) is 3.98. The first-order chi connectivity index (χ1) is 6.79. The molecular formula is C11H23NO2. The zero-order chi connectivity index (χ0) is 10.4. The Hall–Kier alpha value is -0.120. The summed E-state index contributed by atoms with van der Waals surface area (Å²) in [5.41, 5.74) is 0. The minimum Gasteiger partial charge on any atom is -0.391 e. The lowest BCUT2D eigenvalue weighted by molar-refractivity contribution is -0.0602. The van der Waals surface area contributed by atoms with Crippen LogP contribution in [0.4, 0.5) is 0 Å². The fourth-order valence-corrected chi connectivity index (χ4v) is 1.98. The number of hydrogen-bond donors (Lipinski definition) is 1. The number of unbranched alkanes of at least 4 members (excludes halogenated alkanes) is 1. The maximum absolute atomic E-state index is 9.85. The van der Waals surface area contributed by atoms with Crippen LogP contribution in [0.15, 0.2) is 0 Å². The molecule has 0 saturated carbocycles. The van der Waals surface area contributed by atoms with Crippen LogP contribution in [-0.2, 0) is 4.74 Å². The Labute approximate surface area is 87.1 Å². The quantitative estimate of drug-likeness (QED) is 0.727. The Morgan fingerprint density at radius 1 is 1.43 bits per heavy atom. The largest absolute Gasteiger partial charge is 0.391 e. The average Bonchev–Trinajstić information content (AvgIpc) is 2.21. The molecule has 0 bridgehead atoms. The van der Waals surface area contributed by atoms with E-state index in [0.29, 0.717) is 13.2 Å². The summed E-state index contributed by atoms with van der Waals surface area (Å²) in [5, 5.41) is 9.85. The number of aliphatic hydroxyl groups is 1. The van der Waals surface area contributed by atoms with Gasteiger partial charge < -0.3 is 9.84 Å². The molecule has 1 fully saturated rings. The van der Waals surface area contributed by atoms with Crippen molar-refractivity contribution in [2.75, 3.05) is 26.3 Å². The van der Waals surface area contributed by atoms with Gasteiger partial charge in [-0.1, -0.05) is 20.3 Å². The molecule has 14 heavy (non-hydrogen) atoms. The molecule has 0 aromatic rings. The second-order valence-electron chi connectivity index (χ2n) is 3.98. The van der Waals surface area contributed by atoms with Crippen molar-refractivity contribution in [2.45, 2.75) is 45.3 Å². The second kappa shape index (κ2) is 6.38. The number of likely N-dealkylation sites (N-methyl/N-ethyl adjacent to an activating group) is 1.